The molecule has 552 valence electrons. The highest BCUT2D eigenvalue weighted by molar-refractivity contribution is 6.02. The van der Waals surface area contributed by atoms with E-state index in [1.165, 1.54) is 50.6 Å². The number of hydrogen-bond acceptors (Lipinski definition) is 28. The third-order valence-electron chi connectivity index (χ3n) is 17.0. The number of aliphatic hydroxyl groups is 2. The molecule has 2 aromatic heterocycles. The number of nitrogens with one attached hydrogen (secondary N) is 4. The third-order valence-corrected chi connectivity index (χ3v) is 17.0. The number of amides is 10. The number of aromatic nitrogens is 4. The van der Waals surface area contributed by atoms with Crippen molar-refractivity contribution in [1.29, 1.82) is 0 Å². The Balaban J connectivity index is 1.15. The number of carbonyl (C=O) groups is 14. The van der Waals surface area contributed by atoms with Gasteiger partial charge in [-0.1, -0.05) is 6.92 Å². The molecular formula is C65H80N16O22. The van der Waals surface area contributed by atoms with Crippen LogP contribution in [0.3, 0.4) is 0 Å². The van der Waals surface area contributed by atoms with Gasteiger partial charge in [-0.15, -0.1) is 0 Å². The SMILES string of the molecule is COc1ccc2nc(C(=O)N[C@@H]3COC(=O)[C@H](C(C)(C)O)N(C)C(=O)CN(C)C(=O)CNC(=O)[C@@H]4[C@H](OC(C)=O)CC=NN4C(=O)[C@H](NC(=O)c4cnc5cc(OC)ccc5n4)COC(=O)[C@H](C(C)(C)O)N(C)C(=O)CN(C)C(=O)CNC(=O)[C@@H]4[C@@H](OC(=O)[C@@H]5C[C@H]5C)CC=NN4C3=O)cnc2c1. The fraction of sp³-hybridized carbons (Fsp3) is 0.508. The van der Waals surface area contributed by atoms with E-state index in [0.717, 1.165) is 97.4 Å². The van der Waals surface area contributed by atoms with E-state index in [2.05, 4.69) is 51.4 Å². The summed E-state index contributed by atoms with van der Waals surface area (Å²) in [5.41, 5.74) is -4.26. The minimum absolute atomic E-state index is 0.112. The molecule has 3 aliphatic heterocycles. The van der Waals surface area contributed by atoms with Crippen molar-refractivity contribution in [2.24, 2.45) is 22.0 Å². The summed E-state index contributed by atoms with van der Waals surface area (Å²) in [6, 6.07) is -2.98. The van der Waals surface area contributed by atoms with Gasteiger partial charge >= 0.3 is 23.9 Å². The van der Waals surface area contributed by atoms with E-state index in [1.807, 2.05) is 0 Å². The second-order valence-electron chi connectivity index (χ2n) is 25.9. The quantitative estimate of drug-likeness (QED) is 0.0630. The van der Waals surface area contributed by atoms with Gasteiger partial charge in [0, 0.05) is 72.5 Å². The van der Waals surface area contributed by atoms with Crippen molar-refractivity contribution in [1.82, 2.24) is 70.8 Å². The summed E-state index contributed by atoms with van der Waals surface area (Å²) in [5, 5.41) is 41.9. The molecule has 38 nitrogen and oxygen atoms in total. The van der Waals surface area contributed by atoms with Crippen LogP contribution in [0.4, 0.5) is 0 Å². The molecule has 1 saturated heterocycles. The largest absolute Gasteiger partial charge is 0.497 e. The number of cyclic esters (lactones) is 2. The average Bonchev–Trinajstić information content (AvgIpc) is 1.68. The van der Waals surface area contributed by atoms with Crippen molar-refractivity contribution in [2.75, 3.05) is 81.8 Å². The molecule has 38 heteroatoms. The fourth-order valence-electron chi connectivity index (χ4n) is 11.3. The number of hydrazone groups is 2. The first kappa shape index (κ1) is 77.3. The average molecular weight is 1440 g/mol. The van der Waals surface area contributed by atoms with Crippen molar-refractivity contribution >= 4 is 117 Å². The van der Waals surface area contributed by atoms with Crippen molar-refractivity contribution in [3.05, 3.63) is 60.2 Å². The van der Waals surface area contributed by atoms with Crippen LogP contribution in [0.25, 0.3) is 22.1 Å². The van der Waals surface area contributed by atoms with Gasteiger partial charge < -0.3 is 79.5 Å². The van der Waals surface area contributed by atoms with Gasteiger partial charge in [0.15, 0.2) is 24.2 Å². The van der Waals surface area contributed by atoms with Gasteiger partial charge in [0.05, 0.1) is 92.0 Å². The second-order valence-corrected chi connectivity index (χ2v) is 25.9. The molecular weight excluding hydrogens is 1360 g/mol. The van der Waals surface area contributed by atoms with Gasteiger partial charge in [-0.2, -0.15) is 10.2 Å². The van der Waals surface area contributed by atoms with Crippen molar-refractivity contribution in [3.8, 4) is 11.5 Å². The molecule has 8 rings (SSSR count). The molecule has 1 aliphatic carbocycles. The van der Waals surface area contributed by atoms with Crippen molar-refractivity contribution in [2.45, 2.75) is 120 Å². The Morgan fingerprint density at radius 3 is 1.33 bits per heavy atom. The van der Waals surface area contributed by atoms with Crippen LogP contribution in [0.2, 0.25) is 0 Å². The maximum Gasteiger partial charge on any atom is 0.331 e. The topological polar surface area (TPSA) is 479 Å². The minimum atomic E-state index is -2.21. The molecule has 2 aromatic carbocycles. The van der Waals surface area contributed by atoms with Gasteiger partial charge in [-0.25, -0.2) is 29.6 Å². The minimum Gasteiger partial charge on any atom is -0.497 e. The van der Waals surface area contributed by atoms with Crippen molar-refractivity contribution in [3.63, 3.8) is 0 Å². The molecule has 10 atom stereocenters. The second kappa shape index (κ2) is 32.5. The highest BCUT2D eigenvalue weighted by atomic mass is 16.6. The van der Waals surface area contributed by atoms with Crippen LogP contribution >= 0.6 is 0 Å². The summed E-state index contributed by atoms with van der Waals surface area (Å²) >= 11 is 0. The lowest BCUT2D eigenvalue weighted by Gasteiger charge is -2.37. The van der Waals surface area contributed by atoms with Crippen LogP contribution in [0.15, 0.2) is 59.0 Å². The van der Waals surface area contributed by atoms with Crippen LogP contribution in [-0.4, -0.2) is 297 Å². The summed E-state index contributed by atoms with van der Waals surface area (Å²) in [6.45, 7) is 1.26. The summed E-state index contributed by atoms with van der Waals surface area (Å²) in [6.07, 6.45) is 1.01. The molecule has 0 spiro atoms. The molecule has 4 aliphatic rings. The zero-order valence-electron chi connectivity index (χ0n) is 58.3. The lowest BCUT2D eigenvalue weighted by molar-refractivity contribution is -0.168. The molecule has 1 saturated carbocycles. The van der Waals surface area contributed by atoms with E-state index in [9.17, 15) is 67.7 Å². The van der Waals surface area contributed by atoms with Crippen LogP contribution in [0.1, 0.15) is 81.8 Å². The Morgan fingerprint density at radius 1 is 0.583 bits per heavy atom. The number of fused-ring (bicyclic) bond motifs is 4. The number of hydrogen-bond donors (Lipinski definition) is 6. The molecule has 103 heavy (non-hydrogen) atoms. The first-order valence-corrected chi connectivity index (χ1v) is 32.2. The zero-order chi connectivity index (χ0) is 75.7. The molecule has 5 heterocycles. The molecule has 4 aromatic rings. The number of nitrogens with zero attached hydrogens (tertiary/aromatic N) is 12. The van der Waals surface area contributed by atoms with Gasteiger partial charge in [0.1, 0.15) is 60.4 Å². The predicted octanol–water partition coefficient (Wildman–Crippen LogP) is -3.39. The maximum atomic E-state index is 15.2. The Bertz CT molecular complexity index is 4080. The first-order chi connectivity index (χ1) is 48.5. The highest BCUT2D eigenvalue weighted by Gasteiger charge is 2.50. The standard InChI is InChI=1S/C65H80N16O22/c1-32-21-36(32)61(93)103-46-18-20-71-81-52(46)58(90)69-27-48(84)77(8)29-50(86)79(10)53(64(3,4)96)62(94)100-30-43(74-55(87)41-24-66-39-22-34(98-11)13-15-37(39)72-41)59(91)80-51(45(17-19-70-80)102-33(2)82)57(89)68-26-47(83)76(7)28-49(85)78(9)54(65(5,6)97)63(95)101-31-44(60(81)92)75-56(88)42-25-67-40-23-35(99-12)14-16-38(40)73-42/h13-16,19-20,22-25,32,36,43-46,51-54,96-97H,17-18,21,26-31H2,1-12H3,(H,68,89)(H,69,90)(H,74,87)(H,75,88)/t32-,36-,43-,44-,45-,46+,51+,52+,53-,54-/m1/s1. The number of methoxy groups -OCH3 is 2. The van der Waals surface area contributed by atoms with Gasteiger partial charge in [-0.05, 0) is 64.3 Å². The maximum absolute atomic E-state index is 15.2. The summed E-state index contributed by atoms with van der Waals surface area (Å²) in [5.74, 6) is -15.8. The van der Waals surface area contributed by atoms with E-state index < -0.39 is 199 Å². The van der Waals surface area contributed by atoms with E-state index in [1.54, 1.807) is 6.92 Å². The number of benzene rings is 2. The first-order valence-electron chi connectivity index (χ1n) is 32.2. The normalized spacial score (nSPS) is 24.5. The monoisotopic (exact) mass is 1440 g/mol. The van der Waals surface area contributed by atoms with Crippen LogP contribution in [0.5, 0.6) is 11.5 Å². The highest BCUT2D eigenvalue weighted by Crippen LogP contribution is 2.39. The molecule has 6 N–H and O–H groups in total. The van der Waals surface area contributed by atoms with Crippen LogP contribution in [0, 0.1) is 11.8 Å². The molecule has 0 bridgehead atoms. The van der Waals surface area contributed by atoms with E-state index in [0.29, 0.717) is 37.7 Å². The number of rotatable bonds is 11. The van der Waals surface area contributed by atoms with Crippen LogP contribution < -0.4 is 30.7 Å². The summed E-state index contributed by atoms with van der Waals surface area (Å²) in [4.78, 5) is 220. The Morgan fingerprint density at radius 2 is 0.971 bits per heavy atom. The van der Waals surface area contributed by atoms with Crippen LogP contribution in [-0.2, 0) is 76.5 Å². The molecule has 0 radical (unpaired) electrons. The smallest absolute Gasteiger partial charge is 0.331 e. The van der Waals surface area contributed by atoms with E-state index in [4.69, 9.17) is 28.4 Å². The lowest BCUT2D eigenvalue weighted by atomic mass is 9.97. The summed E-state index contributed by atoms with van der Waals surface area (Å²) in [7, 11) is 7.20. The van der Waals surface area contributed by atoms with Gasteiger partial charge in [0.2, 0.25) is 35.4 Å². The van der Waals surface area contributed by atoms with E-state index in [-0.39, 0.29) is 40.8 Å². The zero-order valence-corrected chi connectivity index (χ0v) is 58.3. The van der Waals surface area contributed by atoms with Gasteiger partial charge in [-0.3, -0.25) is 67.5 Å². The van der Waals surface area contributed by atoms with Crippen molar-refractivity contribution < 1.29 is 106 Å². The molecule has 0 unspecified atom stereocenters. The lowest BCUT2D eigenvalue weighted by Crippen LogP contribution is -2.62. The number of likely N-dealkylation sites (N-methyl/N-ethyl adjacent to an activating group) is 4. The Hall–Kier alpha value is -11.4. The van der Waals surface area contributed by atoms with E-state index >= 15 is 9.59 Å². The predicted molar refractivity (Wildman–Crippen MR) is 354 cm³/mol. The molecule has 10 amide bonds. The Kier molecular flexibility index (Phi) is 24.4. The number of esters is 4. The van der Waals surface area contributed by atoms with Gasteiger partial charge in [0.25, 0.3) is 23.6 Å². The summed E-state index contributed by atoms with van der Waals surface area (Å²) < 4.78 is 33.1. The third kappa shape index (κ3) is 18.8. The Labute approximate surface area is 588 Å². The molecule has 2 fully saturated rings. The number of carbonyl (C=O) groups excluding carboxylic acids is 14. The number of ether oxygens (including phenoxy) is 6. The fourth-order valence-corrected chi connectivity index (χ4v) is 11.3.